The van der Waals surface area contributed by atoms with E-state index in [2.05, 4.69) is 15.9 Å². The molecular formula is C9H17BrO2. The van der Waals surface area contributed by atoms with E-state index in [1.54, 1.807) is 0 Å². The van der Waals surface area contributed by atoms with E-state index < -0.39 is 0 Å². The molecule has 0 aliphatic carbocycles. The van der Waals surface area contributed by atoms with Crippen molar-refractivity contribution in [3.8, 4) is 0 Å². The van der Waals surface area contributed by atoms with Gasteiger partial charge in [0.25, 0.3) is 0 Å². The summed E-state index contributed by atoms with van der Waals surface area (Å²) in [6.07, 6.45) is 2.39. The van der Waals surface area contributed by atoms with Crippen LogP contribution in [0.2, 0.25) is 0 Å². The Hall–Kier alpha value is 0.400. The third-order valence-corrected chi connectivity index (χ3v) is 3.49. The smallest absolute Gasteiger partial charge is 0.0552 e. The zero-order chi connectivity index (χ0) is 8.86. The van der Waals surface area contributed by atoms with Crippen LogP contribution >= 0.6 is 15.9 Å². The minimum absolute atomic E-state index is 0.244. The van der Waals surface area contributed by atoms with Crippen molar-refractivity contribution in [3.05, 3.63) is 0 Å². The van der Waals surface area contributed by atoms with Gasteiger partial charge in [-0.2, -0.15) is 0 Å². The quantitative estimate of drug-likeness (QED) is 0.698. The van der Waals surface area contributed by atoms with Crippen LogP contribution in [-0.2, 0) is 9.47 Å². The lowest BCUT2D eigenvalue weighted by atomic mass is 9.86. The molecule has 72 valence electrons. The molecule has 0 bridgehead atoms. The lowest BCUT2D eigenvalue weighted by Gasteiger charge is -2.34. The van der Waals surface area contributed by atoms with Crippen LogP contribution in [0.1, 0.15) is 19.8 Å². The Morgan fingerprint density at radius 2 is 2.42 bits per heavy atom. The summed E-state index contributed by atoms with van der Waals surface area (Å²) < 4.78 is 10.9. The van der Waals surface area contributed by atoms with E-state index >= 15 is 0 Å². The van der Waals surface area contributed by atoms with Gasteiger partial charge in [0.2, 0.25) is 0 Å². The molecule has 0 aromatic rings. The minimum atomic E-state index is 0.244. The number of ether oxygens (including phenoxy) is 2. The third kappa shape index (κ3) is 2.71. The van der Waals surface area contributed by atoms with E-state index in [1.807, 2.05) is 6.92 Å². The summed E-state index contributed by atoms with van der Waals surface area (Å²) in [5.41, 5.74) is 0.244. The Labute approximate surface area is 82.7 Å². The van der Waals surface area contributed by atoms with Crippen molar-refractivity contribution in [1.82, 2.24) is 0 Å². The second-order valence-corrected chi connectivity index (χ2v) is 3.99. The lowest BCUT2D eigenvalue weighted by molar-refractivity contribution is -0.0433. The number of hydrogen-bond acceptors (Lipinski definition) is 2. The zero-order valence-corrected chi connectivity index (χ0v) is 9.23. The molecule has 1 atom stereocenters. The first-order valence-electron chi connectivity index (χ1n) is 4.54. The molecule has 3 heteroatoms. The fourth-order valence-corrected chi connectivity index (χ4v) is 2.09. The molecule has 1 heterocycles. The normalized spacial score (nSPS) is 30.5. The van der Waals surface area contributed by atoms with Crippen molar-refractivity contribution in [1.29, 1.82) is 0 Å². The molecule has 1 aliphatic rings. The Morgan fingerprint density at radius 1 is 1.58 bits per heavy atom. The van der Waals surface area contributed by atoms with Crippen LogP contribution in [-0.4, -0.2) is 31.8 Å². The maximum atomic E-state index is 5.46. The molecule has 0 saturated carbocycles. The van der Waals surface area contributed by atoms with Crippen molar-refractivity contribution in [3.63, 3.8) is 0 Å². The van der Waals surface area contributed by atoms with Crippen molar-refractivity contribution in [2.75, 3.05) is 31.8 Å². The minimum Gasteiger partial charge on any atom is -0.381 e. The molecule has 0 aromatic heterocycles. The molecule has 1 aliphatic heterocycles. The molecule has 0 radical (unpaired) electrons. The predicted octanol–water partition coefficient (Wildman–Crippen LogP) is 2.21. The van der Waals surface area contributed by atoms with Crippen molar-refractivity contribution in [2.24, 2.45) is 5.41 Å². The van der Waals surface area contributed by atoms with Gasteiger partial charge in [0.15, 0.2) is 0 Å². The molecule has 1 fully saturated rings. The lowest BCUT2D eigenvalue weighted by Crippen LogP contribution is -2.37. The van der Waals surface area contributed by atoms with E-state index in [0.717, 1.165) is 31.8 Å². The summed E-state index contributed by atoms with van der Waals surface area (Å²) in [6.45, 7) is 5.42. The number of hydrogen-bond donors (Lipinski definition) is 0. The van der Waals surface area contributed by atoms with E-state index in [0.29, 0.717) is 0 Å². The first-order chi connectivity index (χ1) is 5.83. The SMILES string of the molecule is CCOCC1(CBr)CCCOC1. The monoisotopic (exact) mass is 236 g/mol. The van der Waals surface area contributed by atoms with Crippen molar-refractivity contribution < 1.29 is 9.47 Å². The maximum absolute atomic E-state index is 5.46. The van der Waals surface area contributed by atoms with Gasteiger partial charge < -0.3 is 9.47 Å². The molecule has 2 nitrogen and oxygen atoms in total. The summed E-state index contributed by atoms with van der Waals surface area (Å²) in [5, 5.41) is 0.986. The molecule has 1 rings (SSSR count). The number of halogens is 1. The van der Waals surface area contributed by atoms with Gasteiger partial charge in [0.05, 0.1) is 13.2 Å². The highest BCUT2D eigenvalue weighted by molar-refractivity contribution is 9.09. The molecule has 0 aromatic carbocycles. The first-order valence-corrected chi connectivity index (χ1v) is 5.66. The van der Waals surface area contributed by atoms with Gasteiger partial charge in [-0.1, -0.05) is 15.9 Å². The summed E-state index contributed by atoms with van der Waals surface area (Å²) in [5.74, 6) is 0. The second kappa shape index (κ2) is 5.20. The van der Waals surface area contributed by atoms with Gasteiger partial charge in [-0.15, -0.1) is 0 Å². The topological polar surface area (TPSA) is 18.5 Å². The van der Waals surface area contributed by atoms with E-state index in [4.69, 9.17) is 9.47 Å². The highest BCUT2D eigenvalue weighted by Crippen LogP contribution is 2.30. The fraction of sp³-hybridized carbons (Fsp3) is 1.00. The number of rotatable bonds is 4. The van der Waals surface area contributed by atoms with Gasteiger partial charge in [-0.3, -0.25) is 0 Å². The Balaban J connectivity index is 2.37. The zero-order valence-electron chi connectivity index (χ0n) is 7.64. The van der Waals surface area contributed by atoms with E-state index in [-0.39, 0.29) is 5.41 Å². The Bertz CT molecular complexity index is 122. The highest BCUT2D eigenvalue weighted by atomic mass is 79.9. The van der Waals surface area contributed by atoms with E-state index in [1.165, 1.54) is 12.8 Å². The molecule has 12 heavy (non-hydrogen) atoms. The summed E-state index contributed by atoms with van der Waals surface area (Å²) in [7, 11) is 0. The number of alkyl halides is 1. The molecule has 0 N–H and O–H groups in total. The first kappa shape index (κ1) is 10.5. The maximum Gasteiger partial charge on any atom is 0.0552 e. The van der Waals surface area contributed by atoms with Crippen molar-refractivity contribution >= 4 is 15.9 Å². The van der Waals surface area contributed by atoms with Gasteiger partial charge >= 0.3 is 0 Å². The Morgan fingerprint density at radius 3 is 2.92 bits per heavy atom. The molecule has 1 saturated heterocycles. The van der Waals surface area contributed by atoms with Gasteiger partial charge in [-0.25, -0.2) is 0 Å². The van der Waals surface area contributed by atoms with Crippen LogP contribution in [0, 0.1) is 5.41 Å². The van der Waals surface area contributed by atoms with Crippen LogP contribution in [0.15, 0.2) is 0 Å². The Kier molecular flexibility index (Phi) is 4.54. The average molecular weight is 237 g/mol. The van der Waals surface area contributed by atoms with Crippen LogP contribution in [0.4, 0.5) is 0 Å². The van der Waals surface area contributed by atoms with Gasteiger partial charge in [0.1, 0.15) is 0 Å². The highest BCUT2D eigenvalue weighted by Gasteiger charge is 2.31. The van der Waals surface area contributed by atoms with Gasteiger partial charge in [-0.05, 0) is 19.8 Å². The van der Waals surface area contributed by atoms with Gasteiger partial charge in [0, 0.05) is 24.0 Å². The fourth-order valence-electron chi connectivity index (χ4n) is 1.49. The van der Waals surface area contributed by atoms with Crippen LogP contribution in [0.25, 0.3) is 0 Å². The average Bonchev–Trinajstić information content (AvgIpc) is 2.16. The van der Waals surface area contributed by atoms with Crippen LogP contribution < -0.4 is 0 Å². The summed E-state index contributed by atoms with van der Waals surface area (Å²) >= 11 is 3.54. The third-order valence-electron chi connectivity index (χ3n) is 2.30. The largest absolute Gasteiger partial charge is 0.381 e. The molecule has 0 amide bonds. The van der Waals surface area contributed by atoms with Crippen molar-refractivity contribution in [2.45, 2.75) is 19.8 Å². The predicted molar refractivity (Wildman–Crippen MR) is 52.8 cm³/mol. The molecule has 0 spiro atoms. The summed E-state index contributed by atoms with van der Waals surface area (Å²) in [6, 6.07) is 0. The van der Waals surface area contributed by atoms with E-state index in [9.17, 15) is 0 Å². The second-order valence-electron chi connectivity index (χ2n) is 3.43. The summed E-state index contributed by atoms with van der Waals surface area (Å²) in [4.78, 5) is 0. The standard InChI is InChI=1S/C9H17BrO2/c1-2-11-7-9(6-10)4-3-5-12-8-9/h2-8H2,1H3. The molecular weight excluding hydrogens is 220 g/mol. The molecule has 1 unspecified atom stereocenters. The van der Waals surface area contributed by atoms with Crippen LogP contribution in [0.5, 0.6) is 0 Å². The van der Waals surface area contributed by atoms with Crippen LogP contribution in [0.3, 0.4) is 0 Å².